The topological polar surface area (TPSA) is 57.2 Å². The molecule has 2 atom stereocenters. The molecular formula is C30H35NO5. The quantitative estimate of drug-likeness (QED) is 0.261. The monoisotopic (exact) mass is 489 g/mol. The fourth-order valence-electron chi connectivity index (χ4n) is 4.39. The first kappa shape index (κ1) is 25.7. The Morgan fingerprint density at radius 1 is 1.06 bits per heavy atom. The van der Waals surface area contributed by atoms with E-state index in [0.29, 0.717) is 26.3 Å². The summed E-state index contributed by atoms with van der Waals surface area (Å²) in [4.78, 5) is 17.8. The van der Waals surface area contributed by atoms with Crippen molar-refractivity contribution >= 4 is 16.9 Å². The Hall–Kier alpha value is -3.35. The van der Waals surface area contributed by atoms with E-state index in [1.54, 1.807) is 11.1 Å². The van der Waals surface area contributed by atoms with Gasteiger partial charge in [0.25, 0.3) is 0 Å². The highest BCUT2D eigenvalue weighted by atomic mass is 16.8. The Morgan fingerprint density at radius 2 is 1.81 bits per heavy atom. The molecule has 1 aliphatic rings. The third-order valence-electron chi connectivity index (χ3n) is 6.07. The summed E-state index contributed by atoms with van der Waals surface area (Å²) >= 11 is 0. The van der Waals surface area contributed by atoms with Crippen LogP contribution in [0.4, 0.5) is 4.79 Å². The van der Waals surface area contributed by atoms with Gasteiger partial charge in [-0.15, -0.1) is 5.06 Å². The number of nitrogens with zero attached hydrogens (tertiary/aromatic N) is 1. The maximum Gasteiger partial charge on any atom is 0.528 e. The minimum atomic E-state index is -0.696. The van der Waals surface area contributed by atoms with E-state index in [0.717, 1.165) is 17.7 Å². The molecular weight excluding hydrogens is 454 g/mol. The Balaban J connectivity index is 1.48. The minimum Gasteiger partial charge on any atom is -0.490 e. The normalized spacial score (nSPS) is 18.5. The van der Waals surface area contributed by atoms with Crippen LogP contribution >= 0.6 is 0 Å². The second kappa shape index (κ2) is 11.6. The van der Waals surface area contributed by atoms with E-state index in [9.17, 15) is 4.79 Å². The molecule has 36 heavy (non-hydrogen) atoms. The molecule has 3 aromatic rings. The van der Waals surface area contributed by atoms with Crippen LogP contribution in [-0.2, 0) is 20.9 Å². The van der Waals surface area contributed by atoms with Crippen LogP contribution in [0.15, 0.2) is 79.4 Å². The average molecular weight is 490 g/mol. The molecule has 2 unspecified atom stereocenters. The van der Waals surface area contributed by atoms with Crippen LogP contribution in [0.3, 0.4) is 0 Å². The molecule has 0 amide bonds. The van der Waals surface area contributed by atoms with Gasteiger partial charge in [0.1, 0.15) is 18.0 Å². The Morgan fingerprint density at radius 3 is 2.53 bits per heavy atom. The van der Waals surface area contributed by atoms with Gasteiger partial charge in [-0.3, -0.25) is 0 Å². The molecule has 6 nitrogen and oxygen atoms in total. The van der Waals surface area contributed by atoms with Gasteiger partial charge < -0.3 is 19.0 Å². The molecule has 1 heterocycles. The molecule has 0 bridgehead atoms. The van der Waals surface area contributed by atoms with Crippen molar-refractivity contribution in [2.45, 2.75) is 51.4 Å². The van der Waals surface area contributed by atoms with Gasteiger partial charge in [-0.05, 0) is 67.3 Å². The van der Waals surface area contributed by atoms with Gasteiger partial charge >= 0.3 is 6.16 Å². The molecule has 0 saturated carbocycles. The zero-order valence-corrected chi connectivity index (χ0v) is 21.3. The summed E-state index contributed by atoms with van der Waals surface area (Å²) in [5.74, 6) is 0.954. The number of fused-ring (bicyclic) bond motifs is 1. The smallest absolute Gasteiger partial charge is 0.490 e. The van der Waals surface area contributed by atoms with Gasteiger partial charge in [0, 0.05) is 12.5 Å². The van der Waals surface area contributed by atoms with Crippen LogP contribution < -0.4 is 4.74 Å². The summed E-state index contributed by atoms with van der Waals surface area (Å²) in [6.45, 7) is 11.1. The van der Waals surface area contributed by atoms with Crippen molar-refractivity contribution < 1.29 is 23.8 Å². The van der Waals surface area contributed by atoms with Gasteiger partial charge in [0.05, 0.1) is 19.3 Å². The fourth-order valence-corrected chi connectivity index (χ4v) is 4.39. The minimum absolute atomic E-state index is 0.150. The molecule has 1 fully saturated rings. The predicted octanol–water partition coefficient (Wildman–Crippen LogP) is 6.65. The molecule has 1 saturated heterocycles. The van der Waals surface area contributed by atoms with Crippen LogP contribution in [0.2, 0.25) is 0 Å². The SMILES string of the molecule is C=CCOc1ccc(C2CCN(OC(=O)OC(C)(C)C)CC2OCc2ccc3ccccc3c2)cc1. The summed E-state index contributed by atoms with van der Waals surface area (Å²) in [6.07, 6.45) is 1.63. The average Bonchev–Trinajstić information content (AvgIpc) is 2.85. The lowest BCUT2D eigenvalue weighted by Crippen LogP contribution is -2.45. The molecule has 0 spiro atoms. The highest BCUT2D eigenvalue weighted by Gasteiger charge is 2.34. The number of piperidine rings is 1. The van der Waals surface area contributed by atoms with Crippen molar-refractivity contribution in [3.63, 3.8) is 0 Å². The maximum absolute atomic E-state index is 12.3. The largest absolute Gasteiger partial charge is 0.528 e. The summed E-state index contributed by atoms with van der Waals surface area (Å²) in [5.41, 5.74) is 1.66. The van der Waals surface area contributed by atoms with Crippen LogP contribution in [0, 0.1) is 0 Å². The van der Waals surface area contributed by atoms with Gasteiger partial charge in [-0.1, -0.05) is 61.2 Å². The van der Waals surface area contributed by atoms with Crippen molar-refractivity contribution in [1.82, 2.24) is 5.06 Å². The van der Waals surface area contributed by atoms with Crippen LogP contribution in [-0.4, -0.2) is 42.6 Å². The van der Waals surface area contributed by atoms with Gasteiger partial charge in [0.15, 0.2) is 0 Å². The van der Waals surface area contributed by atoms with E-state index in [1.807, 2.05) is 45.0 Å². The van der Waals surface area contributed by atoms with Crippen LogP contribution in [0.5, 0.6) is 5.75 Å². The van der Waals surface area contributed by atoms with Gasteiger partial charge in [-0.25, -0.2) is 4.79 Å². The fraction of sp³-hybridized carbons (Fsp3) is 0.367. The number of rotatable bonds is 8. The number of carbonyl (C=O) groups is 1. The third-order valence-corrected chi connectivity index (χ3v) is 6.07. The van der Waals surface area contributed by atoms with Crippen molar-refractivity contribution in [3.05, 3.63) is 90.5 Å². The molecule has 1 aliphatic heterocycles. The lowest BCUT2D eigenvalue weighted by Gasteiger charge is -2.37. The Kier molecular flexibility index (Phi) is 8.28. The lowest BCUT2D eigenvalue weighted by atomic mass is 9.87. The van der Waals surface area contributed by atoms with E-state index in [4.69, 9.17) is 19.0 Å². The van der Waals surface area contributed by atoms with E-state index >= 15 is 0 Å². The second-order valence-electron chi connectivity index (χ2n) is 10.0. The van der Waals surface area contributed by atoms with Crippen LogP contribution in [0.25, 0.3) is 10.8 Å². The van der Waals surface area contributed by atoms with Gasteiger partial charge in [-0.2, -0.15) is 0 Å². The van der Waals surface area contributed by atoms with Crippen molar-refractivity contribution in [3.8, 4) is 5.75 Å². The van der Waals surface area contributed by atoms with Gasteiger partial charge in [0.2, 0.25) is 0 Å². The lowest BCUT2D eigenvalue weighted by molar-refractivity contribution is -0.179. The number of carbonyl (C=O) groups excluding carboxylic acids is 1. The summed E-state index contributed by atoms with van der Waals surface area (Å²) in [7, 11) is 0. The first-order valence-corrected chi connectivity index (χ1v) is 12.4. The standard InChI is InChI=1S/C30H35NO5/c1-5-18-33-26-14-12-24(13-15-26)27-16-17-31(36-29(32)35-30(2,3)4)20-28(27)34-21-22-10-11-23-8-6-7-9-25(23)19-22/h5-15,19,27-28H,1,16-18,20-21H2,2-4H3. The molecule has 0 aromatic heterocycles. The molecule has 190 valence electrons. The summed E-state index contributed by atoms with van der Waals surface area (Å²) in [5, 5.41) is 4.04. The van der Waals surface area contributed by atoms with E-state index in [-0.39, 0.29) is 12.0 Å². The summed E-state index contributed by atoms with van der Waals surface area (Å²) in [6, 6.07) is 22.8. The van der Waals surface area contributed by atoms with Crippen molar-refractivity contribution in [2.75, 3.05) is 19.7 Å². The molecule has 0 N–H and O–H groups in total. The molecule has 4 rings (SSSR count). The molecule has 0 radical (unpaired) electrons. The summed E-state index contributed by atoms with van der Waals surface area (Å²) < 4.78 is 17.4. The Bertz CT molecular complexity index is 1170. The highest BCUT2D eigenvalue weighted by molar-refractivity contribution is 5.82. The van der Waals surface area contributed by atoms with E-state index in [2.05, 4.69) is 49.0 Å². The second-order valence-corrected chi connectivity index (χ2v) is 10.0. The van der Waals surface area contributed by atoms with Crippen molar-refractivity contribution in [1.29, 1.82) is 0 Å². The number of hydroxylamine groups is 2. The van der Waals surface area contributed by atoms with E-state index in [1.165, 1.54) is 16.3 Å². The van der Waals surface area contributed by atoms with E-state index < -0.39 is 11.8 Å². The van der Waals surface area contributed by atoms with Crippen molar-refractivity contribution in [2.24, 2.45) is 0 Å². The highest BCUT2D eigenvalue weighted by Crippen LogP contribution is 2.33. The first-order chi connectivity index (χ1) is 17.3. The predicted molar refractivity (Wildman–Crippen MR) is 141 cm³/mol. The molecule has 3 aromatic carbocycles. The molecule has 6 heteroatoms. The van der Waals surface area contributed by atoms with Crippen LogP contribution in [0.1, 0.15) is 44.2 Å². The number of ether oxygens (including phenoxy) is 3. The number of hydrogen-bond donors (Lipinski definition) is 0. The zero-order valence-electron chi connectivity index (χ0n) is 21.3. The molecule has 0 aliphatic carbocycles. The number of hydrogen-bond acceptors (Lipinski definition) is 6. The third kappa shape index (κ3) is 7.09. The maximum atomic E-state index is 12.3. The Labute approximate surface area is 213 Å². The number of benzene rings is 3. The first-order valence-electron chi connectivity index (χ1n) is 12.4. The zero-order chi connectivity index (χ0) is 25.5.